The molecule has 1 aliphatic rings. The highest BCUT2D eigenvalue weighted by molar-refractivity contribution is 5.90. The molecule has 30 heavy (non-hydrogen) atoms. The maximum absolute atomic E-state index is 12.4. The van der Waals surface area contributed by atoms with Gasteiger partial charge < -0.3 is 11.1 Å². The van der Waals surface area contributed by atoms with Crippen molar-refractivity contribution in [3.63, 3.8) is 0 Å². The largest absolute Gasteiger partial charge is 0.369 e. The van der Waals surface area contributed by atoms with Crippen molar-refractivity contribution in [3.8, 4) is 0 Å². The Kier molecular flexibility index (Phi) is 8.03. The van der Waals surface area contributed by atoms with E-state index in [1.54, 1.807) is 0 Å². The Hall–Kier alpha value is -2.66. The van der Waals surface area contributed by atoms with Crippen LogP contribution in [0.3, 0.4) is 0 Å². The summed E-state index contributed by atoms with van der Waals surface area (Å²) in [6.07, 6.45) is 4.41. The SMILES string of the molecule is CC(CCc1ccccc1)CC(=O)Nc1ccc(CN2CCCC(C(N)=O)C2)cc1. The average molecular weight is 408 g/mol. The molecule has 1 fully saturated rings. The van der Waals surface area contributed by atoms with Crippen molar-refractivity contribution < 1.29 is 9.59 Å². The lowest BCUT2D eigenvalue weighted by atomic mass is 9.97. The van der Waals surface area contributed by atoms with E-state index in [1.807, 2.05) is 30.3 Å². The summed E-state index contributed by atoms with van der Waals surface area (Å²) in [5, 5.41) is 3.01. The number of nitrogens with one attached hydrogen (secondary N) is 1. The number of rotatable bonds is 9. The van der Waals surface area contributed by atoms with Gasteiger partial charge in [0.25, 0.3) is 0 Å². The van der Waals surface area contributed by atoms with Gasteiger partial charge in [0, 0.05) is 25.2 Å². The third-order valence-corrected chi connectivity index (χ3v) is 5.85. The number of likely N-dealkylation sites (tertiary alicyclic amines) is 1. The van der Waals surface area contributed by atoms with Crippen molar-refractivity contribution in [1.82, 2.24) is 4.90 Å². The highest BCUT2D eigenvalue weighted by Crippen LogP contribution is 2.20. The zero-order valence-electron chi connectivity index (χ0n) is 17.8. The van der Waals surface area contributed by atoms with E-state index >= 15 is 0 Å². The molecule has 0 saturated carbocycles. The van der Waals surface area contributed by atoms with Crippen LogP contribution in [0, 0.1) is 11.8 Å². The molecule has 0 aliphatic carbocycles. The van der Waals surface area contributed by atoms with E-state index in [1.165, 1.54) is 11.1 Å². The maximum Gasteiger partial charge on any atom is 0.224 e. The topological polar surface area (TPSA) is 75.4 Å². The Morgan fingerprint density at radius 3 is 2.53 bits per heavy atom. The third kappa shape index (κ3) is 6.99. The Morgan fingerprint density at radius 1 is 1.10 bits per heavy atom. The minimum absolute atomic E-state index is 0.0406. The average Bonchev–Trinajstić information content (AvgIpc) is 2.74. The number of hydrogen-bond donors (Lipinski definition) is 2. The molecule has 3 N–H and O–H groups in total. The van der Waals surface area contributed by atoms with E-state index in [-0.39, 0.29) is 17.7 Å². The van der Waals surface area contributed by atoms with Crippen molar-refractivity contribution in [2.45, 2.75) is 45.6 Å². The van der Waals surface area contributed by atoms with E-state index in [4.69, 9.17) is 5.73 Å². The van der Waals surface area contributed by atoms with E-state index < -0.39 is 0 Å². The van der Waals surface area contributed by atoms with Crippen LogP contribution >= 0.6 is 0 Å². The Balaban J connectivity index is 1.42. The van der Waals surface area contributed by atoms with E-state index in [0.717, 1.165) is 51.0 Å². The molecule has 1 aliphatic heterocycles. The summed E-state index contributed by atoms with van der Waals surface area (Å²) in [7, 11) is 0. The van der Waals surface area contributed by atoms with Gasteiger partial charge >= 0.3 is 0 Å². The van der Waals surface area contributed by atoms with Gasteiger partial charge in [-0.25, -0.2) is 0 Å². The maximum atomic E-state index is 12.4. The lowest BCUT2D eigenvalue weighted by Crippen LogP contribution is -2.40. The molecule has 2 amide bonds. The van der Waals surface area contributed by atoms with Gasteiger partial charge in [-0.1, -0.05) is 49.4 Å². The number of piperidine rings is 1. The van der Waals surface area contributed by atoms with Crippen LogP contribution in [0.5, 0.6) is 0 Å². The first-order valence-corrected chi connectivity index (χ1v) is 10.9. The molecule has 2 unspecified atom stereocenters. The molecular weight excluding hydrogens is 374 g/mol. The zero-order valence-corrected chi connectivity index (χ0v) is 17.8. The molecule has 3 rings (SSSR count). The van der Waals surface area contributed by atoms with Crippen LogP contribution in [0.4, 0.5) is 5.69 Å². The van der Waals surface area contributed by atoms with Gasteiger partial charge in [-0.05, 0) is 61.4 Å². The number of benzene rings is 2. The van der Waals surface area contributed by atoms with Crippen molar-refractivity contribution in [1.29, 1.82) is 0 Å². The van der Waals surface area contributed by atoms with Crippen LogP contribution in [0.2, 0.25) is 0 Å². The number of carbonyl (C=O) groups is 2. The molecule has 1 saturated heterocycles. The van der Waals surface area contributed by atoms with Crippen molar-refractivity contribution in [3.05, 3.63) is 65.7 Å². The van der Waals surface area contributed by atoms with Gasteiger partial charge in [0.05, 0.1) is 5.92 Å². The van der Waals surface area contributed by atoms with E-state index in [9.17, 15) is 9.59 Å². The minimum atomic E-state index is -0.198. The van der Waals surface area contributed by atoms with Crippen molar-refractivity contribution >= 4 is 17.5 Å². The van der Waals surface area contributed by atoms with E-state index in [2.05, 4.69) is 41.4 Å². The summed E-state index contributed by atoms with van der Waals surface area (Å²) in [6.45, 7) is 4.65. The lowest BCUT2D eigenvalue weighted by Gasteiger charge is -2.31. The second kappa shape index (κ2) is 10.9. The molecule has 5 nitrogen and oxygen atoms in total. The number of aryl methyl sites for hydroxylation is 1. The molecule has 5 heteroatoms. The lowest BCUT2D eigenvalue weighted by molar-refractivity contribution is -0.123. The summed E-state index contributed by atoms with van der Waals surface area (Å²) in [5.74, 6) is 0.155. The van der Waals surface area contributed by atoms with Crippen molar-refractivity contribution in [2.24, 2.45) is 17.6 Å². The normalized spacial score (nSPS) is 18.0. The smallest absolute Gasteiger partial charge is 0.224 e. The number of nitrogens with zero attached hydrogens (tertiary/aromatic N) is 1. The fraction of sp³-hybridized carbons (Fsp3) is 0.440. The fourth-order valence-electron chi connectivity index (χ4n) is 4.07. The van der Waals surface area contributed by atoms with Gasteiger partial charge in [0.1, 0.15) is 0 Å². The molecule has 0 spiro atoms. The predicted octanol–water partition coefficient (Wildman–Crippen LogP) is 3.98. The standard InChI is InChI=1S/C25H33N3O2/c1-19(9-10-20-6-3-2-4-7-20)16-24(29)27-23-13-11-21(12-14-23)17-28-15-5-8-22(18-28)25(26)30/h2-4,6-7,11-14,19,22H,5,8-10,15-18H2,1H3,(H2,26,30)(H,27,29). The Morgan fingerprint density at radius 2 is 1.83 bits per heavy atom. The molecule has 2 aromatic carbocycles. The Bertz CT molecular complexity index is 820. The Labute approximate surface area is 179 Å². The first kappa shape index (κ1) is 22.0. The van der Waals surface area contributed by atoms with Crippen LogP contribution in [0.25, 0.3) is 0 Å². The second-order valence-electron chi connectivity index (χ2n) is 8.56. The number of carbonyl (C=O) groups excluding carboxylic acids is 2. The molecule has 160 valence electrons. The number of anilines is 1. The summed E-state index contributed by atoms with van der Waals surface area (Å²) in [4.78, 5) is 26.1. The third-order valence-electron chi connectivity index (χ3n) is 5.85. The summed E-state index contributed by atoms with van der Waals surface area (Å²) >= 11 is 0. The molecule has 2 atom stereocenters. The van der Waals surface area contributed by atoms with Gasteiger partial charge in [-0.2, -0.15) is 0 Å². The fourth-order valence-corrected chi connectivity index (χ4v) is 4.07. The van der Waals surface area contributed by atoms with Crippen LogP contribution in [0.1, 0.15) is 43.7 Å². The first-order chi connectivity index (χ1) is 14.5. The number of primary amides is 1. The van der Waals surface area contributed by atoms with Crippen LogP contribution in [-0.2, 0) is 22.6 Å². The van der Waals surface area contributed by atoms with E-state index in [0.29, 0.717) is 12.3 Å². The summed E-state index contributed by atoms with van der Waals surface area (Å²) < 4.78 is 0. The molecule has 0 aromatic heterocycles. The highest BCUT2D eigenvalue weighted by Gasteiger charge is 2.23. The number of hydrogen-bond acceptors (Lipinski definition) is 3. The highest BCUT2D eigenvalue weighted by atomic mass is 16.2. The quantitative estimate of drug-likeness (QED) is 0.660. The monoisotopic (exact) mass is 407 g/mol. The second-order valence-corrected chi connectivity index (χ2v) is 8.56. The van der Waals surface area contributed by atoms with Crippen LogP contribution in [0.15, 0.2) is 54.6 Å². The molecule has 1 heterocycles. The zero-order chi connectivity index (χ0) is 21.3. The van der Waals surface area contributed by atoms with Crippen LogP contribution < -0.4 is 11.1 Å². The van der Waals surface area contributed by atoms with Gasteiger partial charge in [-0.15, -0.1) is 0 Å². The number of amides is 2. The summed E-state index contributed by atoms with van der Waals surface area (Å²) in [5.41, 5.74) is 8.78. The number of nitrogens with two attached hydrogens (primary N) is 1. The summed E-state index contributed by atoms with van der Waals surface area (Å²) in [6, 6.07) is 18.4. The van der Waals surface area contributed by atoms with Gasteiger partial charge in [-0.3, -0.25) is 14.5 Å². The molecule has 2 aromatic rings. The minimum Gasteiger partial charge on any atom is -0.369 e. The predicted molar refractivity (Wildman–Crippen MR) is 121 cm³/mol. The molecular formula is C25H33N3O2. The first-order valence-electron chi connectivity index (χ1n) is 10.9. The van der Waals surface area contributed by atoms with Gasteiger partial charge in [0.15, 0.2) is 0 Å². The molecule has 0 bridgehead atoms. The van der Waals surface area contributed by atoms with Crippen LogP contribution in [-0.4, -0.2) is 29.8 Å². The van der Waals surface area contributed by atoms with Gasteiger partial charge in [0.2, 0.25) is 11.8 Å². The molecule has 0 radical (unpaired) electrons. The van der Waals surface area contributed by atoms with Crippen molar-refractivity contribution in [2.75, 3.05) is 18.4 Å².